The van der Waals surface area contributed by atoms with Gasteiger partial charge in [-0.2, -0.15) is 0 Å². The lowest BCUT2D eigenvalue weighted by Crippen LogP contribution is -2.29. The Bertz CT molecular complexity index is 727. The molecule has 1 aromatic heterocycles. The van der Waals surface area contributed by atoms with Gasteiger partial charge in [-0.3, -0.25) is 4.79 Å². The van der Waals surface area contributed by atoms with Crippen LogP contribution in [0.25, 0.3) is 11.0 Å². The van der Waals surface area contributed by atoms with E-state index in [1.807, 2.05) is 0 Å². The summed E-state index contributed by atoms with van der Waals surface area (Å²) in [5.74, 6) is -0.502. The van der Waals surface area contributed by atoms with E-state index in [2.05, 4.69) is 5.32 Å². The predicted molar refractivity (Wildman–Crippen MR) is 81.3 cm³/mol. The first-order valence-electron chi connectivity index (χ1n) is 6.23. The van der Waals surface area contributed by atoms with E-state index in [1.54, 1.807) is 13.2 Å². The maximum absolute atomic E-state index is 12.0. The third kappa shape index (κ3) is 3.75. The molecular weight excluding hydrogens is 317 g/mol. The van der Waals surface area contributed by atoms with Gasteiger partial charge in [-0.1, -0.05) is 23.2 Å². The van der Waals surface area contributed by atoms with Gasteiger partial charge in [0.2, 0.25) is 0 Å². The lowest BCUT2D eigenvalue weighted by molar-refractivity contribution is 0.0945. The SMILES string of the molecule is COCCCNC(=O)c1cc2cc(Cl)cc(Cl)c2oc1=O. The van der Waals surface area contributed by atoms with E-state index in [4.69, 9.17) is 32.4 Å². The lowest BCUT2D eigenvalue weighted by atomic mass is 10.1. The number of carbonyl (C=O) groups excluding carboxylic acids is 1. The van der Waals surface area contributed by atoms with E-state index < -0.39 is 11.5 Å². The van der Waals surface area contributed by atoms with Crippen LogP contribution < -0.4 is 10.9 Å². The van der Waals surface area contributed by atoms with Gasteiger partial charge in [0, 0.05) is 30.7 Å². The molecule has 0 atom stereocenters. The molecule has 7 heteroatoms. The Morgan fingerprint density at radius 1 is 1.33 bits per heavy atom. The number of benzene rings is 1. The van der Waals surface area contributed by atoms with Crippen molar-refractivity contribution in [3.8, 4) is 0 Å². The van der Waals surface area contributed by atoms with Crippen molar-refractivity contribution in [2.24, 2.45) is 0 Å². The number of rotatable bonds is 5. The van der Waals surface area contributed by atoms with Crippen LogP contribution in [0.2, 0.25) is 10.0 Å². The molecule has 0 spiro atoms. The highest BCUT2D eigenvalue weighted by molar-refractivity contribution is 6.38. The average Bonchev–Trinajstić information content (AvgIpc) is 2.43. The molecule has 0 aliphatic carbocycles. The van der Waals surface area contributed by atoms with Gasteiger partial charge >= 0.3 is 5.63 Å². The van der Waals surface area contributed by atoms with Gasteiger partial charge in [0.05, 0.1) is 5.02 Å². The Morgan fingerprint density at radius 3 is 2.81 bits per heavy atom. The zero-order valence-corrected chi connectivity index (χ0v) is 12.8. The normalized spacial score (nSPS) is 10.8. The van der Waals surface area contributed by atoms with Crippen LogP contribution >= 0.6 is 23.2 Å². The minimum Gasteiger partial charge on any atom is -0.421 e. The third-order valence-electron chi connectivity index (χ3n) is 2.81. The number of ether oxygens (including phenoxy) is 1. The number of methoxy groups -OCH3 is 1. The number of hydrogen-bond donors (Lipinski definition) is 1. The Labute approximate surface area is 130 Å². The fourth-order valence-corrected chi connectivity index (χ4v) is 2.38. The van der Waals surface area contributed by atoms with Crippen molar-refractivity contribution in [1.29, 1.82) is 0 Å². The summed E-state index contributed by atoms with van der Waals surface area (Å²) in [5, 5.41) is 3.74. The summed E-state index contributed by atoms with van der Waals surface area (Å²) < 4.78 is 9.97. The monoisotopic (exact) mass is 329 g/mol. The number of nitrogens with one attached hydrogen (secondary N) is 1. The van der Waals surface area contributed by atoms with Crippen molar-refractivity contribution in [1.82, 2.24) is 5.32 Å². The predicted octanol–water partition coefficient (Wildman–Crippen LogP) is 2.87. The maximum atomic E-state index is 12.0. The van der Waals surface area contributed by atoms with Crippen LogP contribution in [0.3, 0.4) is 0 Å². The van der Waals surface area contributed by atoms with E-state index in [1.165, 1.54) is 12.1 Å². The highest BCUT2D eigenvalue weighted by Gasteiger charge is 2.15. The summed E-state index contributed by atoms with van der Waals surface area (Å²) in [4.78, 5) is 23.8. The molecule has 112 valence electrons. The van der Waals surface area contributed by atoms with Crippen LogP contribution in [0, 0.1) is 0 Å². The quantitative estimate of drug-likeness (QED) is 0.676. The topological polar surface area (TPSA) is 68.5 Å². The van der Waals surface area contributed by atoms with Crippen LogP contribution in [-0.2, 0) is 4.74 Å². The number of carbonyl (C=O) groups is 1. The van der Waals surface area contributed by atoms with Crippen molar-refractivity contribution < 1.29 is 13.9 Å². The minimum atomic E-state index is -0.740. The molecule has 1 aromatic carbocycles. The van der Waals surface area contributed by atoms with E-state index >= 15 is 0 Å². The molecule has 0 fully saturated rings. The number of hydrogen-bond acceptors (Lipinski definition) is 4. The van der Waals surface area contributed by atoms with Crippen molar-refractivity contribution >= 4 is 40.1 Å². The molecular formula is C14H13Cl2NO4. The first kappa shape index (κ1) is 15.8. The van der Waals surface area contributed by atoms with E-state index in [0.717, 1.165) is 0 Å². The van der Waals surface area contributed by atoms with Crippen LogP contribution in [0.5, 0.6) is 0 Å². The standard InChI is InChI=1S/C14H13Cl2NO4/c1-20-4-2-3-17-13(18)10-6-8-5-9(15)7-11(16)12(8)21-14(10)19/h5-7H,2-4H2,1H3,(H,17,18). The summed E-state index contributed by atoms with van der Waals surface area (Å²) >= 11 is 11.8. The minimum absolute atomic E-state index is 0.0850. The average molecular weight is 330 g/mol. The Hall–Kier alpha value is -1.56. The van der Waals surface area contributed by atoms with Crippen molar-refractivity contribution in [3.05, 3.63) is 44.2 Å². The number of fused-ring (bicyclic) bond motifs is 1. The maximum Gasteiger partial charge on any atom is 0.349 e. The molecule has 0 aliphatic heterocycles. The van der Waals surface area contributed by atoms with E-state index in [-0.39, 0.29) is 16.2 Å². The van der Waals surface area contributed by atoms with Crippen molar-refractivity contribution in [3.63, 3.8) is 0 Å². The van der Waals surface area contributed by atoms with Crippen LogP contribution in [0.1, 0.15) is 16.8 Å². The zero-order valence-electron chi connectivity index (χ0n) is 11.2. The number of amides is 1. The first-order valence-corrected chi connectivity index (χ1v) is 6.98. The molecule has 0 radical (unpaired) electrons. The second-order valence-corrected chi connectivity index (χ2v) is 5.20. The number of halogens is 2. The van der Waals surface area contributed by atoms with Gasteiger partial charge in [-0.25, -0.2) is 4.79 Å². The van der Waals surface area contributed by atoms with Gasteiger partial charge in [0.1, 0.15) is 5.56 Å². The molecule has 0 saturated heterocycles. The van der Waals surface area contributed by atoms with E-state index in [9.17, 15) is 9.59 Å². The van der Waals surface area contributed by atoms with Crippen molar-refractivity contribution in [2.45, 2.75) is 6.42 Å². The molecule has 21 heavy (non-hydrogen) atoms. The van der Waals surface area contributed by atoms with Gasteiger partial charge in [0.15, 0.2) is 5.58 Å². The molecule has 0 saturated carbocycles. The smallest absolute Gasteiger partial charge is 0.349 e. The highest BCUT2D eigenvalue weighted by Crippen LogP contribution is 2.27. The fourth-order valence-electron chi connectivity index (χ4n) is 1.83. The summed E-state index contributed by atoms with van der Waals surface area (Å²) in [6.45, 7) is 0.929. The van der Waals surface area contributed by atoms with Gasteiger partial charge in [0.25, 0.3) is 5.91 Å². The third-order valence-corrected chi connectivity index (χ3v) is 3.31. The second kappa shape index (κ2) is 6.93. The molecule has 0 bridgehead atoms. The second-order valence-electron chi connectivity index (χ2n) is 4.36. The van der Waals surface area contributed by atoms with E-state index in [0.29, 0.717) is 30.0 Å². The largest absolute Gasteiger partial charge is 0.421 e. The Kier molecular flexibility index (Phi) is 5.22. The Morgan fingerprint density at radius 2 is 2.10 bits per heavy atom. The summed E-state index contributed by atoms with van der Waals surface area (Å²) in [6, 6.07) is 4.47. The first-order chi connectivity index (χ1) is 10.0. The molecule has 1 amide bonds. The Balaban J connectivity index is 2.30. The van der Waals surface area contributed by atoms with Crippen molar-refractivity contribution in [2.75, 3.05) is 20.3 Å². The highest BCUT2D eigenvalue weighted by atomic mass is 35.5. The van der Waals surface area contributed by atoms with Crippen LogP contribution in [0.4, 0.5) is 0 Å². The summed E-state index contributed by atoms with van der Waals surface area (Å²) in [5.41, 5.74) is -0.615. The summed E-state index contributed by atoms with van der Waals surface area (Å²) in [7, 11) is 1.58. The molecule has 5 nitrogen and oxygen atoms in total. The van der Waals surface area contributed by atoms with Gasteiger partial charge in [-0.15, -0.1) is 0 Å². The zero-order chi connectivity index (χ0) is 15.4. The molecule has 1 N–H and O–H groups in total. The molecule has 0 aliphatic rings. The molecule has 2 rings (SSSR count). The summed E-state index contributed by atoms with van der Waals surface area (Å²) in [6.07, 6.45) is 0.652. The molecule has 1 heterocycles. The molecule has 2 aromatic rings. The van der Waals surface area contributed by atoms with Gasteiger partial charge in [-0.05, 0) is 24.6 Å². The van der Waals surface area contributed by atoms with Crippen LogP contribution in [-0.4, -0.2) is 26.2 Å². The van der Waals surface area contributed by atoms with Gasteiger partial charge < -0.3 is 14.5 Å². The molecule has 0 unspecified atom stereocenters. The van der Waals surface area contributed by atoms with Crippen LogP contribution in [0.15, 0.2) is 27.4 Å². The lowest BCUT2D eigenvalue weighted by Gasteiger charge is -2.06. The fraction of sp³-hybridized carbons (Fsp3) is 0.286.